The number of rotatable bonds is 5. The monoisotopic (exact) mass is 260 g/mol. The molecule has 0 amide bonds. The van der Waals surface area contributed by atoms with Gasteiger partial charge in [-0.15, -0.1) is 0 Å². The average Bonchev–Trinajstić information content (AvgIpc) is 2.76. The van der Waals surface area contributed by atoms with Gasteiger partial charge in [0, 0.05) is 23.8 Å². The molecule has 1 aromatic carbocycles. The predicted molar refractivity (Wildman–Crippen MR) is 83.8 cm³/mol. The molecule has 1 aliphatic rings. The molecule has 0 aliphatic carbocycles. The number of nitrogens with zero attached hydrogens (tertiary/aromatic N) is 1. The van der Waals surface area contributed by atoms with Crippen molar-refractivity contribution >= 4 is 5.69 Å². The highest BCUT2D eigenvalue weighted by Crippen LogP contribution is 2.34. The van der Waals surface area contributed by atoms with E-state index in [1.165, 1.54) is 30.6 Å². The standard InChI is InChI=1S/C17H28N2/c1-5-16(18-6-2)14-8-10-15(11-9-14)19-13-7-12-17(19,3)4/h8-11,16,18H,5-7,12-13H2,1-4H3. The molecule has 1 aromatic rings. The number of nitrogens with one attached hydrogen (secondary N) is 1. The second kappa shape index (κ2) is 5.96. The highest BCUT2D eigenvalue weighted by molar-refractivity contribution is 5.51. The van der Waals surface area contributed by atoms with Gasteiger partial charge in [0.25, 0.3) is 0 Å². The Balaban J connectivity index is 2.14. The molecular weight excluding hydrogens is 232 g/mol. The maximum absolute atomic E-state index is 3.54. The van der Waals surface area contributed by atoms with Gasteiger partial charge < -0.3 is 10.2 Å². The molecule has 1 atom stereocenters. The summed E-state index contributed by atoms with van der Waals surface area (Å²) in [4.78, 5) is 2.55. The number of hydrogen-bond donors (Lipinski definition) is 1. The van der Waals surface area contributed by atoms with Crippen LogP contribution in [0.25, 0.3) is 0 Å². The maximum atomic E-state index is 3.54. The lowest BCUT2D eigenvalue weighted by Gasteiger charge is -2.34. The molecule has 1 aliphatic heterocycles. The number of hydrogen-bond acceptors (Lipinski definition) is 2. The zero-order valence-corrected chi connectivity index (χ0v) is 12.9. The van der Waals surface area contributed by atoms with Gasteiger partial charge in [0.1, 0.15) is 0 Å². The molecular formula is C17H28N2. The minimum Gasteiger partial charge on any atom is -0.366 e. The van der Waals surface area contributed by atoms with Crippen molar-refractivity contribution in [2.24, 2.45) is 0 Å². The molecule has 0 saturated carbocycles. The largest absolute Gasteiger partial charge is 0.366 e. The highest BCUT2D eigenvalue weighted by atomic mass is 15.2. The molecule has 0 spiro atoms. The van der Waals surface area contributed by atoms with Crippen LogP contribution in [0.3, 0.4) is 0 Å². The Morgan fingerprint density at radius 2 is 1.89 bits per heavy atom. The summed E-state index contributed by atoms with van der Waals surface area (Å²) >= 11 is 0. The minimum atomic E-state index is 0.313. The first-order valence-electron chi connectivity index (χ1n) is 7.69. The number of anilines is 1. The average molecular weight is 260 g/mol. The summed E-state index contributed by atoms with van der Waals surface area (Å²) < 4.78 is 0. The molecule has 1 fully saturated rings. The zero-order valence-electron chi connectivity index (χ0n) is 12.9. The minimum absolute atomic E-state index is 0.313. The van der Waals surface area contributed by atoms with Gasteiger partial charge >= 0.3 is 0 Å². The van der Waals surface area contributed by atoms with E-state index in [1.54, 1.807) is 0 Å². The van der Waals surface area contributed by atoms with Crippen LogP contribution in [0, 0.1) is 0 Å². The molecule has 2 heteroatoms. The van der Waals surface area contributed by atoms with Crippen LogP contribution in [-0.2, 0) is 0 Å². The summed E-state index contributed by atoms with van der Waals surface area (Å²) in [5.74, 6) is 0. The Kier molecular flexibility index (Phi) is 4.51. The van der Waals surface area contributed by atoms with Crippen LogP contribution in [0.2, 0.25) is 0 Å². The predicted octanol–water partition coefficient (Wildman–Crippen LogP) is 4.13. The van der Waals surface area contributed by atoms with Crippen molar-refractivity contribution in [2.75, 3.05) is 18.0 Å². The van der Waals surface area contributed by atoms with Gasteiger partial charge in [-0.3, -0.25) is 0 Å². The van der Waals surface area contributed by atoms with E-state index >= 15 is 0 Å². The first-order valence-corrected chi connectivity index (χ1v) is 7.69. The third-order valence-electron chi connectivity index (χ3n) is 4.37. The Hall–Kier alpha value is -1.02. The fourth-order valence-electron chi connectivity index (χ4n) is 3.22. The van der Waals surface area contributed by atoms with Crippen LogP contribution in [0.5, 0.6) is 0 Å². The van der Waals surface area contributed by atoms with E-state index < -0.39 is 0 Å². The fourth-order valence-corrected chi connectivity index (χ4v) is 3.22. The van der Waals surface area contributed by atoms with E-state index in [0.29, 0.717) is 11.6 Å². The van der Waals surface area contributed by atoms with Gasteiger partial charge in [-0.25, -0.2) is 0 Å². The molecule has 2 rings (SSSR count). The number of benzene rings is 1. The topological polar surface area (TPSA) is 15.3 Å². The molecule has 0 aromatic heterocycles. The van der Waals surface area contributed by atoms with Crippen LogP contribution >= 0.6 is 0 Å². The van der Waals surface area contributed by atoms with Crippen molar-refractivity contribution in [3.8, 4) is 0 Å². The zero-order chi connectivity index (χ0) is 13.9. The van der Waals surface area contributed by atoms with E-state index in [0.717, 1.165) is 13.0 Å². The third kappa shape index (κ3) is 3.11. The molecule has 1 N–H and O–H groups in total. The molecule has 0 bridgehead atoms. The summed E-state index contributed by atoms with van der Waals surface area (Å²) in [6.07, 6.45) is 3.75. The van der Waals surface area contributed by atoms with E-state index in [4.69, 9.17) is 0 Å². The van der Waals surface area contributed by atoms with Crippen LogP contribution in [0.4, 0.5) is 5.69 Å². The van der Waals surface area contributed by atoms with E-state index in [9.17, 15) is 0 Å². The maximum Gasteiger partial charge on any atom is 0.0370 e. The summed E-state index contributed by atoms with van der Waals surface area (Å²) in [7, 11) is 0. The smallest absolute Gasteiger partial charge is 0.0370 e. The Morgan fingerprint density at radius 1 is 1.21 bits per heavy atom. The van der Waals surface area contributed by atoms with Crippen molar-refractivity contribution in [3.63, 3.8) is 0 Å². The van der Waals surface area contributed by atoms with E-state index in [1.807, 2.05) is 0 Å². The van der Waals surface area contributed by atoms with Crippen LogP contribution in [0.1, 0.15) is 58.6 Å². The Labute approximate surface area is 118 Å². The second-order valence-corrected chi connectivity index (χ2v) is 6.18. The SMILES string of the molecule is CCNC(CC)c1ccc(N2CCCC2(C)C)cc1. The summed E-state index contributed by atoms with van der Waals surface area (Å²) in [6.45, 7) is 11.3. The molecule has 1 unspecified atom stereocenters. The summed E-state index contributed by atoms with van der Waals surface area (Å²) in [6, 6.07) is 9.66. The van der Waals surface area contributed by atoms with Gasteiger partial charge in [0.05, 0.1) is 0 Å². The van der Waals surface area contributed by atoms with Gasteiger partial charge in [-0.05, 0) is 57.4 Å². The van der Waals surface area contributed by atoms with Crippen LogP contribution in [-0.4, -0.2) is 18.6 Å². The van der Waals surface area contributed by atoms with Crippen LogP contribution in [0.15, 0.2) is 24.3 Å². The first kappa shape index (κ1) is 14.4. The van der Waals surface area contributed by atoms with Crippen molar-refractivity contribution in [2.45, 2.75) is 58.5 Å². The molecule has 1 heterocycles. The summed E-state index contributed by atoms with van der Waals surface area (Å²) in [5, 5.41) is 3.54. The van der Waals surface area contributed by atoms with Crippen molar-refractivity contribution < 1.29 is 0 Å². The molecule has 1 saturated heterocycles. The molecule has 106 valence electrons. The molecule has 2 nitrogen and oxygen atoms in total. The van der Waals surface area contributed by atoms with Crippen molar-refractivity contribution in [3.05, 3.63) is 29.8 Å². The lowest BCUT2D eigenvalue weighted by Crippen LogP contribution is -2.38. The Bertz CT molecular complexity index is 394. The fraction of sp³-hybridized carbons (Fsp3) is 0.647. The van der Waals surface area contributed by atoms with Gasteiger partial charge in [-0.2, -0.15) is 0 Å². The van der Waals surface area contributed by atoms with E-state index in [-0.39, 0.29) is 0 Å². The van der Waals surface area contributed by atoms with Gasteiger partial charge in [0.15, 0.2) is 0 Å². The summed E-state index contributed by atoms with van der Waals surface area (Å²) in [5.41, 5.74) is 3.09. The van der Waals surface area contributed by atoms with Gasteiger partial charge in [0.2, 0.25) is 0 Å². The quantitative estimate of drug-likeness (QED) is 0.856. The van der Waals surface area contributed by atoms with Gasteiger partial charge in [-0.1, -0.05) is 26.0 Å². The van der Waals surface area contributed by atoms with E-state index in [2.05, 4.69) is 62.2 Å². The normalized spacial score (nSPS) is 19.7. The van der Waals surface area contributed by atoms with Crippen LogP contribution < -0.4 is 10.2 Å². The lowest BCUT2D eigenvalue weighted by molar-refractivity contribution is 0.517. The lowest BCUT2D eigenvalue weighted by atomic mass is 10.0. The highest BCUT2D eigenvalue weighted by Gasteiger charge is 2.31. The first-order chi connectivity index (χ1) is 9.08. The van der Waals surface area contributed by atoms with Crippen molar-refractivity contribution in [1.82, 2.24) is 5.32 Å². The van der Waals surface area contributed by atoms with Crippen molar-refractivity contribution in [1.29, 1.82) is 0 Å². The molecule has 0 radical (unpaired) electrons. The molecule has 19 heavy (non-hydrogen) atoms. The third-order valence-corrected chi connectivity index (χ3v) is 4.37. The Morgan fingerprint density at radius 3 is 2.37 bits per heavy atom. The second-order valence-electron chi connectivity index (χ2n) is 6.18.